The zero-order valence-electron chi connectivity index (χ0n) is 9.34. The van der Waals surface area contributed by atoms with E-state index < -0.39 is 0 Å². The Bertz CT molecular complexity index is 496. The average Bonchev–Trinajstić information content (AvgIpc) is 2.77. The number of carbonyl (C=O) groups excluding carboxylic acids is 1. The summed E-state index contributed by atoms with van der Waals surface area (Å²) in [5.74, 6) is -0.258. The van der Waals surface area contributed by atoms with Crippen LogP contribution in [0.25, 0.3) is 0 Å². The van der Waals surface area contributed by atoms with Crippen LogP contribution in [0, 0.1) is 6.92 Å². The van der Waals surface area contributed by atoms with Crippen molar-refractivity contribution in [1.29, 1.82) is 0 Å². The Kier molecular flexibility index (Phi) is 3.85. The van der Waals surface area contributed by atoms with Gasteiger partial charge in [-0.15, -0.1) is 11.3 Å². The summed E-state index contributed by atoms with van der Waals surface area (Å²) in [5.41, 5.74) is 3.40. The van der Waals surface area contributed by atoms with Crippen LogP contribution in [0.4, 0.5) is 0 Å². The molecule has 1 aromatic carbocycles. The van der Waals surface area contributed by atoms with Crippen molar-refractivity contribution in [2.75, 3.05) is 0 Å². The van der Waals surface area contributed by atoms with Gasteiger partial charge >= 0.3 is 0 Å². The number of hydroxylamine groups is 1. The first-order valence-electron chi connectivity index (χ1n) is 5.14. The number of rotatable bonds is 4. The molecule has 0 atom stereocenters. The lowest BCUT2D eigenvalue weighted by Gasteiger charge is -2.03. The van der Waals surface area contributed by atoms with E-state index in [0.717, 1.165) is 10.6 Å². The summed E-state index contributed by atoms with van der Waals surface area (Å²) in [6.07, 6.45) is 1.54. The molecule has 0 radical (unpaired) electrons. The molecular weight excluding hydrogens is 236 g/mol. The lowest BCUT2D eigenvalue weighted by Crippen LogP contribution is -2.22. The van der Waals surface area contributed by atoms with Crippen molar-refractivity contribution in [1.82, 2.24) is 10.5 Å². The SMILES string of the molecule is Cc1ncc(C(=O)NOCc2ccccc2)s1. The van der Waals surface area contributed by atoms with Gasteiger partial charge in [0.15, 0.2) is 0 Å². The van der Waals surface area contributed by atoms with E-state index in [1.54, 1.807) is 6.20 Å². The number of nitrogens with one attached hydrogen (secondary N) is 1. The number of thiazole rings is 1. The van der Waals surface area contributed by atoms with Gasteiger partial charge in [0.25, 0.3) is 5.91 Å². The molecule has 0 aliphatic rings. The van der Waals surface area contributed by atoms with Gasteiger partial charge in [0.2, 0.25) is 0 Å². The van der Waals surface area contributed by atoms with Crippen molar-refractivity contribution in [3.8, 4) is 0 Å². The first-order valence-corrected chi connectivity index (χ1v) is 5.96. The molecule has 0 spiro atoms. The zero-order chi connectivity index (χ0) is 12.1. The van der Waals surface area contributed by atoms with E-state index in [-0.39, 0.29) is 5.91 Å². The first-order chi connectivity index (χ1) is 8.25. The van der Waals surface area contributed by atoms with Gasteiger partial charge in [-0.1, -0.05) is 30.3 Å². The standard InChI is InChI=1S/C12H12N2O2S/c1-9-13-7-11(17-9)12(15)14-16-8-10-5-3-2-4-6-10/h2-7H,8H2,1H3,(H,14,15). The molecule has 1 amide bonds. The van der Waals surface area contributed by atoms with Gasteiger partial charge in [-0.25, -0.2) is 10.5 Å². The first kappa shape index (κ1) is 11.8. The Labute approximate surface area is 103 Å². The summed E-state index contributed by atoms with van der Waals surface area (Å²) in [4.78, 5) is 21.3. The van der Waals surface area contributed by atoms with Gasteiger partial charge in [0.1, 0.15) is 4.88 Å². The maximum atomic E-state index is 11.6. The summed E-state index contributed by atoms with van der Waals surface area (Å²) >= 11 is 1.34. The summed E-state index contributed by atoms with van der Waals surface area (Å²) in [6.45, 7) is 2.20. The molecule has 17 heavy (non-hydrogen) atoms. The molecule has 1 aromatic heterocycles. The average molecular weight is 248 g/mol. The third-order valence-electron chi connectivity index (χ3n) is 2.09. The third-order valence-corrected chi connectivity index (χ3v) is 3.00. The number of hydrogen-bond donors (Lipinski definition) is 1. The number of nitrogens with zero attached hydrogens (tertiary/aromatic N) is 1. The molecule has 4 nitrogen and oxygen atoms in total. The molecule has 5 heteroatoms. The Balaban J connectivity index is 1.81. The number of amides is 1. The van der Waals surface area contributed by atoms with Gasteiger partial charge in [0.05, 0.1) is 17.8 Å². The summed E-state index contributed by atoms with van der Waals surface area (Å²) in [6, 6.07) is 9.65. The van der Waals surface area contributed by atoms with E-state index in [9.17, 15) is 4.79 Å². The second kappa shape index (κ2) is 5.56. The molecular formula is C12H12N2O2S. The highest BCUT2D eigenvalue weighted by Crippen LogP contribution is 2.11. The fraction of sp³-hybridized carbons (Fsp3) is 0.167. The largest absolute Gasteiger partial charge is 0.286 e. The lowest BCUT2D eigenvalue weighted by molar-refractivity contribution is 0.0237. The Morgan fingerprint density at radius 1 is 1.41 bits per heavy atom. The van der Waals surface area contributed by atoms with Crippen LogP contribution in [0.5, 0.6) is 0 Å². The minimum absolute atomic E-state index is 0.258. The molecule has 0 saturated heterocycles. The van der Waals surface area contributed by atoms with Crippen LogP contribution in [-0.2, 0) is 11.4 Å². The van der Waals surface area contributed by atoms with Gasteiger partial charge in [0, 0.05) is 0 Å². The topological polar surface area (TPSA) is 51.2 Å². The van der Waals surface area contributed by atoms with E-state index in [0.29, 0.717) is 11.5 Å². The van der Waals surface area contributed by atoms with Crippen molar-refractivity contribution in [2.24, 2.45) is 0 Å². The quantitative estimate of drug-likeness (QED) is 0.845. The number of carbonyl (C=O) groups is 1. The van der Waals surface area contributed by atoms with Crippen molar-refractivity contribution < 1.29 is 9.63 Å². The van der Waals surface area contributed by atoms with Crippen LogP contribution in [0.1, 0.15) is 20.2 Å². The number of hydrogen-bond acceptors (Lipinski definition) is 4. The minimum atomic E-state index is -0.258. The van der Waals surface area contributed by atoms with Gasteiger partial charge in [-0.05, 0) is 12.5 Å². The van der Waals surface area contributed by atoms with Gasteiger partial charge < -0.3 is 0 Å². The van der Waals surface area contributed by atoms with Crippen LogP contribution < -0.4 is 5.48 Å². The van der Waals surface area contributed by atoms with Gasteiger partial charge in [-0.2, -0.15) is 0 Å². The molecule has 1 heterocycles. The van der Waals surface area contributed by atoms with Crippen molar-refractivity contribution in [3.63, 3.8) is 0 Å². The van der Waals surface area contributed by atoms with E-state index in [1.807, 2.05) is 37.3 Å². The van der Waals surface area contributed by atoms with E-state index in [2.05, 4.69) is 10.5 Å². The van der Waals surface area contributed by atoms with E-state index in [4.69, 9.17) is 4.84 Å². The summed E-state index contributed by atoms with van der Waals surface area (Å²) in [7, 11) is 0. The number of aromatic nitrogens is 1. The van der Waals surface area contributed by atoms with Crippen LogP contribution in [0.15, 0.2) is 36.5 Å². The molecule has 0 bridgehead atoms. The molecule has 2 aromatic rings. The van der Waals surface area contributed by atoms with Crippen LogP contribution in [0.3, 0.4) is 0 Å². The van der Waals surface area contributed by atoms with Crippen LogP contribution in [0.2, 0.25) is 0 Å². The van der Waals surface area contributed by atoms with Crippen molar-refractivity contribution >= 4 is 17.2 Å². The Morgan fingerprint density at radius 3 is 2.82 bits per heavy atom. The molecule has 0 unspecified atom stereocenters. The van der Waals surface area contributed by atoms with E-state index in [1.165, 1.54) is 11.3 Å². The third kappa shape index (κ3) is 3.37. The minimum Gasteiger partial charge on any atom is -0.269 e. The normalized spacial score (nSPS) is 10.2. The van der Waals surface area contributed by atoms with Gasteiger partial charge in [-0.3, -0.25) is 9.63 Å². The lowest BCUT2D eigenvalue weighted by atomic mass is 10.2. The molecule has 0 aliphatic heterocycles. The molecule has 0 fully saturated rings. The fourth-order valence-electron chi connectivity index (χ4n) is 1.28. The molecule has 2 rings (SSSR count). The fourth-order valence-corrected chi connectivity index (χ4v) is 1.94. The summed E-state index contributed by atoms with van der Waals surface area (Å²) in [5, 5.41) is 0.859. The Morgan fingerprint density at radius 2 is 2.18 bits per heavy atom. The zero-order valence-corrected chi connectivity index (χ0v) is 10.2. The maximum Gasteiger partial charge on any atom is 0.286 e. The number of benzene rings is 1. The molecule has 1 N–H and O–H groups in total. The molecule has 0 aliphatic carbocycles. The second-order valence-electron chi connectivity index (χ2n) is 3.45. The molecule has 0 saturated carbocycles. The van der Waals surface area contributed by atoms with E-state index >= 15 is 0 Å². The second-order valence-corrected chi connectivity index (χ2v) is 4.68. The highest BCUT2D eigenvalue weighted by Gasteiger charge is 2.08. The van der Waals surface area contributed by atoms with Crippen molar-refractivity contribution in [2.45, 2.75) is 13.5 Å². The molecule has 88 valence electrons. The van der Waals surface area contributed by atoms with Crippen LogP contribution >= 0.6 is 11.3 Å². The van der Waals surface area contributed by atoms with Crippen molar-refractivity contribution in [3.05, 3.63) is 52.0 Å². The predicted octanol–water partition coefficient (Wildman–Crippen LogP) is 2.31. The number of aryl methyl sites for hydroxylation is 1. The monoisotopic (exact) mass is 248 g/mol. The smallest absolute Gasteiger partial charge is 0.269 e. The van der Waals surface area contributed by atoms with Crippen LogP contribution in [-0.4, -0.2) is 10.9 Å². The maximum absolute atomic E-state index is 11.6. The summed E-state index contributed by atoms with van der Waals surface area (Å²) < 4.78 is 0. The highest BCUT2D eigenvalue weighted by atomic mass is 32.1. The highest BCUT2D eigenvalue weighted by molar-refractivity contribution is 7.13. The Hall–Kier alpha value is -1.72. The predicted molar refractivity (Wildman–Crippen MR) is 65.5 cm³/mol.